The van der Waals surface area contributed by atoms with Crippen molar-refractivity contribution in [3.8, 4) is 0 Å². The second-order valence-electron chi connectivity index (χ2n) is 4.17. The summed E-state index contributed by atoms with van der Waals surface area (Å²) < 4.78 is 15.4. The van der Waals surface area contributed by atoms with Crippen LogP contribution in [0.2, 0.25) is 0 Å². The van der Waals surface area contributed by atoms with Crippen molar-refractivity contribution in [3.05, 3.63) is 52.3 Å². The van der Waals surface area contributed by atoms with Crippen molar-refractivity contribution < 1.29 is 23.8 Å². The molecule has 3 rings (SSSR count). The Balaban J connectivity index is 2.29. The summed E-state index contributed by atoms with van der Waals surface area (Å²) in [6.45, 7) is 0.853. The number of fused-ring (bicyclic) bond motifs is 1. The maximum atomic E-state index is 11.8. The van der Waals surface area contributed by atoms with Crippen LogP contribution in [0.1, 0.15) is 16.1 Å². The lowest BCUT2D eigenvalue weighted by atomic mass is 10.0. The lowest BCUT2D eigenvalue weighted by molar-refractivity contribution is 0.0658. The van der Waals surface area contributed by atoms with E-state index in [0.29, 0.717) is 35.3 Å². The summed E-state index contributed by atoms with van der Waals surface area (Å²) in [4.78, 5) is 22.8. The minimum absolute atomic E-state index is 0.294. The summed E-state index contributed by atoms with van der Waals surface area (Å²) in [5.41, 5.74) is -0.100. The van der Waals surface area contributed by atoms with E-state index in [2.05, 4.69) is 0 Å². The van der Waals surface area contributed by atoms with Crippen LogP contribution in [-0.4, -0.2) is 24.3 Å². The predicted octanol–water partition coefficient (Wildman–Crippen LogP) is 1.84. The highest BCUT2D eigenvalue weighted by atomic mass is 16.6. The lowest BCUT2D eigenvalue weighted by Crippen LogP contribution is -2.10. The van der Waals surface area contributed by atoms with E-state index in [4.69, 9.17) is 19.0 Å². The molecule has 6 nitrogen and oxygen atoms in total. The summed E-state index contributed by atoms with van der Waals surface area (Å²) >= 11 is 0. The Morgan fingerprint density at radius 1 is 1.20 bits per heavy atom. The van der Waals surface area contributed by atoms with Gasteiger partial charge in [-0.25, -0.2) is 9.59 Å². The molecule has 0 radical (unpaired) electrons. The maximum Gasteiger partial charge on any atom is 0.371 e. The number of carbonyl (C=O) groups is 1. The highest BCUT2D eigenvalue weighted by molar-refractivity contribution is 5.96. The molecular formula is C14H10O6. The van der Waals surface area contributed by atoms with Crippen LogP contribution in [0, 0.1) is 0 Å². The number of ether oxygens (including phenoxy) is 2. The molecule has 102 valence electrons. The standard InChI is InChI=1S/C14H10O6/c15-13(16)11-6-10-8(12-7-18-4-5-19-12)2-1-3-9(10)14(17)20-11/h1-3,6-7H,4-5H2,(H,15,16). The minimum atomic E-state index is -1.30. The first-order valence-corrected chi connectivity index (χ1v) is 5.92. The van der Waals surface area contributed by atoms with Crippen LogP contribution >= 0.6 is 0 Å². The third-order valence-corrected chi connectivity index (χ3v) is 2.93. The zero-order valence-corrected chi connectivity index (χ0v) is 10.3. The molecule has 1 aliphatic heterocycles. The van der Waals surface area contributed by atoms with Crippen molar-refractivity contribution in [1.29, 1.82) is 0 Å². The monoisotopic (exact) mass is 274 g/mol. The average molecular weight is 274 g/mol. The van der Waals surface area contributed by atoms with E-state index in [-0.39, 0.29) is 0 Å². The van der Waals surface area contributed by atoms with E-state index in [1.807, 2.05) is 0 Å². The van der Waals surface area contributed by atoms with E-state index in [1.165, 1.54) is 12.3 Å². The van der Waals surface area contributed by atoms with E-state index in [0.717, 1.165) is 0 Å². The van der Waals surface area contributed by atoms with Gasteiger partial charge in [0.05, 0.1) is 5.39 Å². The molecule has 0 unspecified atom stereocenters. The number of carboxylic acid groups (broad SMARTS) is 1. The Labute approximate surface area is 112 Å². The lowest BCUT2D eigenvalue weighted by Gasteiger charge is -2.16. The molecule has 1 aromatic heterocycles. The van der Waals surface area contributed by atoms with E-state index < -0.39 is 17.4 Å². The quantitative estimate of drug-likeness (QED) is 0.899. The van der Waals surface area contributed by atoms with E-state index >= 15 is 0 Å². The molecule has 0 amide bonds. The molecule has 0 aliphatic carbocycles. The van der Waals surface area contributed by atoms with Crippen molar-refractivity contribution in [2.45, 2.75) is 0 Å². The van der Waals surface area contributed by atoms with Crippen molar-refractivity contribution >= 4 is 22.5 Å². The molecule has 0 spiro atoms. The molecule has 0 bridgehead atoms. The summed E-state index contributed by atoms with van der Waals surface area (Å²) in [7, 11) is 0. The number of rotatable bonds is 2. The topological polar surface area (TPSA) is 86.0 Å². The van der Waals surface area contributed by atoms with Gasteiger partial charge >= 0.3 is 11.6 Å². The van der Waals surface area contributed by atoms with Gasteiger partial charge in [-0.15, -0.1) is 0 Å². The summed E-state index contributed by atoms with van der Waals surface area (Å²) in [6, 6.07) is 6.29. The normalized spacial score (nSPS) is 14.3. The van der Waals surface area contributed by atoms with E-state index in [9.17, 15) is 9.59 Å². The minimum Gasteiger partial charge on any atom is -0.494 e. The van der Waals surface area contributed by atoms with Gasteiger partial charge < -0.3 is 19.0 Å². The molecule has 2 aromatic rings. The first-order chi connectivity index (χ1) is 9.66. The predicted molar refractivity (Wildman–Crippen MR) is 69.3 cm³/mol. The molecule has 20 heavy (non-hydrogen) atoms. The van der Waals surface area contributed by atoms with Crippen LogP contribution in [0.5, 0.6) is 0 Å². The Morgan fingerprint density at radius 3 is 2.75 bits per heavy atom. The molecule has 2 heterocycles. The molecule has 1 N–H and O–H groups in total. The fourth-order valence-electron chi connectivity index (χ4n) is 2.04. The molecule has 0 fully saturated rings. The molecule has 1 aliphatic rings. The fourth-order valence-corrected chi connectivity index (χ4v) is 2.04. The summed E-state index contributed by atoms with van der Waals surface area (Å²) in [5, 5.41) is 9.72. The van der Waals surface area contributed by atoms with Gasteiger partial charge in [0.2, 0.25) is 5.76 Å². The maximum absolute atomic E-state index is 11.8. The van der Waals surface area contributed by atoms with Crippen molar-refractivity contribution in [3.63, 3.8) is 0 Å². The zero-order valence-electron chi connectivity index (χ0n) is 10.3. The van der Waals surface area contributed by atoms with Gasteiger partial charge in [-0.3, -0.25) is 0 Å². The Kier molecular flexibility index (Phi) is 2.90. The molecule has 0 saturated heterocycles. The molecule has 0 atom stereocenters. The van der Waals surface area contributed by atoms with Crippen molar-refractivity contribution in [1.82, 2.24) is 0 Å². The first-order valence-electron chi connectivity index (χ1n) is 5.92. The Bertz CT molecular complexity index is 771. The molecular weight excluding hydrogens is 264 g/mol. The highest BCUT2D eigenvalue weighted by Gasteiger charge is 2.16. The third kappa shape index (κ3) is 2.01. The van der Waals surface area contributed by atoms with Gasteiger partial charge in [0.15, 0.2) is 5.76 Å². The van der Waals surface area contributed by atoms with Crippen LogP contribution in [0.3, 0.4) is 0 Å². The molecule has 6 heteroatoms. The number of benzene rings is 1. The number of aromatic carboxylic acids is 1. The SMILES string of the molecule is O=C(O)c1cc2c(C3=COCCO3)cccc2c(=O)o1. The third-order valence-electron chi connectivity index (χ3n) is 2.93. The van der Waals surface area contributed by atoms with Gasteiger partial charge in [-0.1, -0.05) is 12.1 Å². The number of hydrogen-bond donors (Lipinski definition) is 1. The van der Waals surface area contributed by atoms with Crippen LogP contribution in [0.4, 0.5) is 0 Å². The van der Waals surface area contributed by atoms with Gasteiger partial charge in [-0.05, 0) is 12.1 Å². The largest absolute Gasteiger partial charge is 0.494 e. The molecule has 1 aromatic carbocycles. The first kappa shape index (κ1) is 12.3. The van der Waals surface area contributed by atoms with Crippen molar-refractivity contribution in [2.75, 3.05) is 13.2 Å². The summed E-state index contributed by atoms with van der Waals surface area (Å²) in [6.07, 6.45) is 1.45. The van der Waals surface area contributed by atoms with Crippen LogP contribution in [0.15, 0.2) is 39.7 Å². The number of carboxylic acids is 1. The molecule has 0 saturated carbocycles. The van der Waals surface area contributed by atoms with E-state index in [1.54, 1.807) is 18.2 Å². The van der Waals surface area contributed by atoms with Crippen LogP contribution in [0.25, 0.3) is 16.5 Å². The fraction of sp³-hybridized carbons (Fsp3) is 0.143. The van der Waals surface area contributed by atoms with Gasteiger partial charge in [0.25, 0.3) is 0 Å². The number of hydrogen-bond acceptors (Lipinski definition) is 5. The Morgan fingerprint density at radius 2 is 2.05 bits per heavy atom. The highest BCUT2D eigenvalue weighted by Crippen LogP contribution is 2.26. The average Bonchev–Trinajstić information content (AvgIpc) is 2.47. The van der Waals surface area contributed by atoms with Crippen molar-refractivity contribution in [2.24, 2.45) is 0 Å². The smallest absolute Gasteiger partial charge is 0.371 e. The van der Waals surface area contributed by atoms with Gasteiger partial charge in [-0.2, -0.15) is 0 Å². The van der Waals surface area contributed by atoms with Gasteiger partial charge in [0.1, 0.15) is 19.5 Å². The van der Waals surface area contributed by atoms with Gasteiger partial charge in [0, 0.05) is 10.9 Å². The second kappa shape index (κ2) is 4.73. The van der Waals surface area contributed by atoms with Crippen LogP contribution in [-0.2, 0) is 9.47 Å². The Hall–Kier alpha value is -2.76. The summed E-state index contributed by atoms with van der Waals surface area (Å²) in [5.74, 6) is -1.25. The van der Waals surface area contributed by atoms with Crippen LogP contribution < -0.4 is 5.63 Å². The zero-order chi connectivity index (χ0) is 14.1. The second-order valence-corrected chi connectivity index (χ2v) is 4.17.